The Labute approximate surface area is 102 Å². The normalized spacial score (nSPS) is 15.9. The van der Waals surface area contributed by atoms with Gasteiger partial charge >= 0.3 is 6.03 Å². The Balaban J connectivity index is 1.93. The molecule has 1 aromatic heterocycles. The molecule has 17 heavy (non-hydrogen) atoms. The van der Waals surface area contributed by atoms with Gasteiger partial charge in [0.2, 0.25) is 0 Å². The summed E-state index contributed by atoms with van der Waals surface area (Å²) in [5, 5.41) is 5.84. The number of hydrogen-bond acceptors (Lipinski definition) is 2. The molecule has 92 valence electrons. The highest BCUT2D eigenvalue weighted by Crippen LogP contribution is 2.18. The zero-order valence-electron chi connectivity index (χ0n) is 10.4. The first-order chi connectivity index (χ1) is 8.15. The molecule has 2 rings (SSSR count). The lowest BCUT2D eigenvalue weighted by Crippen LogP contribution is -2.36. The topological polar surface area (TPSA) is 54.0 Å². The molecule has 1 saturated carbocycles. The number of carbonyl (C=O) groups is 1. The minimum absolute atomic E-state index is 0.120. The van der Waals surface area contributed by atoms with Crippen LogP contribution in [0.3, 0.4) is 0 Å². The van der Waals surface area contributed by atoms with E-state index in [1.807, 2.05) is 26.0 Å². The maximum Gasteiger partial charge on any atom is 0.319 e. The third kappa shape index (κ3) is 3.19. The van der Waals surface area contributed by atoms with Crippen molar-refractivity contribution in [3.8, 4) is 0 Å². The molecular formula is C13H19N3O. The van der Waals surface area contributed by atoms with E-state index in [0.717, 1.165) is 29.9 Å². The molecular weight excluding hydrogens is 214 g/mol. The SMILES string of the molecule is Cc1ccc(NC(=O)NC2CCCC2)c(C)n1. The second-order valence-corrected chi connectivity index (χ2v) is 4.67. The van der Waals surface area contributed by atoms with Gasteiger partial charge in [-0.15, -0.1) is 0 Å². The van der Waals surface area contributed by atoms with Crippen LogP contribution in [0.5, 0.6) is 0 Å². The highest BCUT2D eigenvalue weighted by Gasteiger charge is 2.17. The van der Waals surface area contributed by atoms with Crippen molar-refractivity contribution >= 4 is 11.7 Å². The van der Waals surface area contributed by atoms with E-state index in [1.54, 1.807) is 0 Å². The number of anilines is 1. The van der Waals surface area contributed by atoms with Crippen molar-refractivity contribution in [3.05, 3.63) is 23.5 Å². The summed E-state index contributed by atoms with van der Waals surface area (Å²) in [6.07, 6.45) is 4.63. The standard InChI is InChI=1S/C13H19N3O/c1-9-7-8-12(10(2)14-9)16-13(17)15-11-5-3-4-6-11/h7-8,11H,3-6H2,1-2H3,(H2,15,16,17). The van der Waals surface area contributed by atoms with Gasteiger partial charge in [-0.05, 0) is 38.8 Å². The number of amides is 2. The van der Waals surface area contributed by atoms with E-state index in [-0.39, 0.29) is 6.03 Å². The molecule has 0 spiro atoms. The van der Waals surface area contributed by atoms with E-state index < -0.39 is 0 Å². The first-order valence-corrected chi connectivity index (χ1v) is 6.17. The van der Waals surface area contributed by atoms with Crippen LogP contribution in [0.1, 0.15) is 37.1 Å². The van der Waals surface area contributed by atoms with Gasteiger partial charge in [0.25, 0.3) is 0 Å². The zero-order valence-corrected chi connectivity index (χ0v) is 10.4. The van der Waals surface area contributed by atoms with E-state index in [2.05, 4.69) is 15.6 Å². The molecule has 0 radical (unpaired) electrons. The van der Waals surface area contributed by atoms with Crippen LogP contribution in [0, 0.1) is 13.8 Å². The summed E-state index contributed by atoms with van der Waals surface area (Å²) in [7, 11) is 0. The van der Waals surface area contributed by atoms with E-state index in [1.165, 1.54) is 12.8 Å². The van der Waals surface area contributed by atoms with Crippen LogP contribution >= 0.6 is 0 Å². The number of aryl methyl sites for hydroxylation is 2. The molecule has 1 fully saturated rings. The summed E-state index contributed by atoms with van der Waals surface area (Å²) < 4.78 is 0. The Morgan fingerprint density at radius 1 is 1.29 bits per heavy atom. The number of carbonyl (C=O) groups excluding carboxylic acids is 1. The van der Waals surface area contributed by atoms with E-state index in [9.17, 15) is 4.79 Å². The molecule has 4 nitrogen and oxygen atoms in total. The van der Waals surface area contributed by atoms with Crippen LogP contribution in [0.25, 0.3) is 0 Å². The molecule has 1 aliphatic carbocycles. The van der Waals surface area contributed by atoms with Gasteiger partial charge in [-0.1, -0.05) is 12.8 Å². The number of pyridine rings is 1. The minimum atomic E-state index is -0.120. The van der Waals surface area contributed by atoms with Crippen LogP contribution in [0.2, 0.25) is 0 Å². The second kappa shape index (κ2) is 5.17. The molecule has 0 aliphatic heterocycles. The monoisotopic (exact) mass is 233 g/mol. The van der Waals surface area contributed by atoms with Gasteiger partial charge in [0.15, 0.2) is 0 Å². The van der Waals surface area contributed by atoms with Gasteiger partial charge in [-0.3, -0.25) is 4.98 Å². The highest BCUT2D eigenvalue weighted by atomic mass is 16.2. The van der Waals surface area contributed by atoms with Gasteiger partial charge in [0.1, 0.15) is 0 Å². The number of hydrogen-bond donors (Lipinski definition) is 2. The molecule has 1 aromatic rings. The van der Waals surface area contributed by atoms with Crippen LogP contribution < -0.4 is 10.6 Å². The summed E-state index contributed by atoms with van der Waals surface area (Å²) in [5.74, 6) is 0. The number of nitrogens with one attached hydrogen (secondary N) is 2. The zero-order chi connectivity index (χ0) is 12.3. The molecule has 1 heterocycles. The average Bonchev–Trinajstić information content (AvgIpc) is 2.75. The maximum absolute atomic E-state index is 11.8. The summed E-state index contributed by atoms with van der Waals surface area (Å²) in [5.41, 5.74) is 2.60. The van der Waals surface area contributed by atoms with Gasteiger partial charge in [0, 0.05) is 11.7 Å². The fourth-order valence-electron chi connectivity index (χ4n) is 2.23. The first-order valence-electron chi connectivity index (χ1n) is 6.17. The van der Waals surface area contributed by atoms with Crippen LogP contribution in [0.15, 0.2) is 12.1 Å². The van der Waals surface area contributed by atoms with Gasteiger partial charge in [0.05, 0.1) is 11.4 Å². The molecule has 2 amide bonds. The van der Waals surface area contributed by atoms with Crippen molar-refractivity contribution in [1.29, 1.82) is 0 Å². The molecule has 0 unspecified atom stereocenters. The molecule has 0 aromatic carbocycles. The lowest BCUT2D eigenvalue weighted by Gasteiger charge is -2.14. The number of urea groups is 1. The summed E-state index contributed by atoms with van der Waals surface area (Å²) in [6.45, 7) is 3.84. The predicted octanol–water partition coefficient (Wildman–Crippen LogP) is 2.76. The van der Waals surface area contributed by atoms with Crippen LogP contribution in [-0.2, 0) is 0 Å². The molecule has 0 atom stereocenters. The van der Waals surface area contributed by atoms with Crippen LogP contribution in [0.4, 0.5) is 10.5 Å². The molecule has 4 heteroatoms. The lowest BCUT2D eigenvalue weighted by molar-refractivity contribution is 0.248. The van der Waals surface area contributed by atoms with Crippen molar-refractivity contribution in [1.82, 2.24) is 10.3 Å². The second-order valence-electron chi connectivity index (χ2n) is 4.67. The first kappa shape index (κ1) is 11.9. The van der Waals surface area contributed by atoms with E-state index >= 15 is 0 Å². The smallest absolute Gasteiger partial charge is 0.319 e. The van der Waals surface area contributed by atoms with Crippen molar-refractivity contribution in [2.75, 3.05) is 5.32 Å². The van der Waals surface area contributed by atoms with Gasteiger partial charge in [-0.25, -0.2) is 4.79 Å². The van der Waals surface area contributed by atoms with Crippen molar-refractivity contribution < 1.29 is 4.79 Å². The highest BCUT2D eigenvalue weighted by molar-refractivity contribution is 5.89. The molecule has 1 aliphatic rings. The lowest BCUT2D eigenvalue weighted by atomic mass is 10.2. The molecule has 2 N–H and O–H groups in total. The Hall–Kier alpha value is -1.58. The van der Waals surface area contributed by atoms with E-state index in [0.29, 0.717) is 6.04 Å². The third-order valence-corrected chi connectivity index (χ3v) is 3.16. The Bertz CT molecular complexity index is 411. The Kier molecular flexibility index (Phi) is 3.61. The van der Waals surface area contributed by atoms with Crippen molar-refractivity contribution in [3.63, 3.8) is 0 Å². The minimum Gasteiger partial charge on any atom is -0.335 e. The third-order valence-electron chi connectivity index (χ3n) is 3.16. The summed E-state index contributed by atoms with van der Waals surface area (Å²) in [4.78, 5) is 16.1. The average molecular weight is 233 g/mol. The fraction of sp³-hybridized carbons (Fsp3) is 0.538. The molecule has 0 bridgehead atoms. The Morgan fingerprint density at radius 3 is 2.65 bits per heavy atom. The number of nitrogens with zero attached hydrogens (tertiary/aromatic N) is 1. The Morgan fingerprint density at radius 2 is 2.00 bits per heavy atom. The number of rotatable bonds is 2. The maximum atomic E-state index is 11.8. The fourth-order valence-corrected chi connectivity index (χ4v) is 2.23. The predicted molar refractivity (Wildman–Crippen MR) is 68.1 cm³/mol. The quantitative estimate of drug-likeness (QED) is 0.825. The van der Waals surface area contributed by atoms with Gasteiger partial charge in [-0.2, -0.15) is 0 Å². The molecule has 0 saturated heterocycles. The number of aromatic nitrogens is 1. The van der Waals surface area contributed by atoms with E-state index in [4.69, 9.17) is 0 Å². The van der Waals surface area contributed by atoms with Crippen molar-refractivity contribution in [2.45, 2.75) is 45.6 Å². The van der Waals surface area contributed by atoms with Gasteiger partial charge < -0.3 is 10.6 Å². The summed E-state index contributed by atoms with van der Waals surface area (Å²) >= 11 is 0. The van der Waals surface area contributed by atoms with Crippen LogP contribution in [-0.4, -0.2) is 17.1 Å². The van der Waals surface area contributed by atoms with Crippen molar-refractivity contribution in [2.24, 2.45) is 0 Å². The summed E-state index contributed by atoms with van der Waals surface area (Å²) in [6, 6.07) is 4.02. The largest absolute Gasteiger partial charge is 0.335 e.